The van der Waals surface area contributed by atoms with Crippen LogP contribution in [0.3, 0.4) is 0 Å². The van der Waals surface area contributed by atoms with Gasteiger partial charge in [0.25, 0.3) is 0 Å². The van der Waals surface area contributed by atoms with Crippen LogP contribution in [-0.4, -0.2) is 21.2 Å². The average Bonchev–Trinajstić information content (AvgIpc) is 2.76. The predicted octanol–water partition coefficient (Wildman–Crippen LogP) is 2.49. The Morgan fingerprint density at radius 1 is 1.24 bits per heavy atom. The molecule has 1 aromatic carbocycles. The van der Waals surface area contributed by atoms with Crippen LogP contribution in [0.1, 0.15) is 31.2 Å². The fraction of sp³-hybridized carbons (Fsp3) is 0.571. The van der Waals surface area contributed by atoms with Gasteiger partial charge in [-0.3, -0.25) is 0 Å². The van der Waals surface area contributed by atoms with E-state index in [-0.39, 0.29) is 5.54 Å². The van der Waals surface area contributed by atoms with E-state index in [0.717, 1.165) is 24.2 Å². The van der Waals surface area contributed by atoms with Gasteiger partial charge in [-0.2, -0.15) is 0 Å². The first-order valence-electron chi connectivity index (χ1n) is 6.21. The lowest BCUT2D eigenvalue weighted by Crippen LogP contribution is -2.33. The van der Waals surface area contributed by atoms with Gasteiger partial charge in [0.1, 0.15) is 5.75 Å². The molecule has 3 nitrogen and oxygen atoms in total. The van der Waals surface area contributed by atoms with Gasteiger partial charge in [-0.25, -0.2) is 0 Å². The maximum Gasteiger partial charge on any atom is 0.124 e. The molecule has 1 aliphatic carbocycles. The van der Waals surface area contributed by atoms with E-state index >= 15 is 0 Å². The van der Waals surface area contributed by atoms with E-state index < -0.39 is 0 Å². The Morgan fingerprint density at radius 3 is 2.41 bits per heavy atom. The molecule has 2 N–H and O–H groups in total. The second-order valence-electron chi connectivity index (χ2n) is 5.14. The van der Waals surface area contributed by atoms with Crippen molar-refractivity contribution in [3.63, 3.8) is 0 Å². The molecular formula is C14H22N2O. The molecule has 0 heterocycles. The summed E-state index contributed by atoms with van der Waals surface area (Å²) in [6.07, 6.45) is 4.54. The summed E-state index contributed by atoms with van der Waals surface area (Å²) >= 11 is 0. The molecule has 94 valence electrons. The lowest BCUT2D eigenvalue weighted by Gasteiger charge is -2.27. The average molecular weight is 234 g/mol. The molecule has 1 aliphatic rings. The van der Waals surface area contributed by atoms with E-state index in [9.17, 15) is 0 Å². The highest BCUT2D eigenvalue weighted by molar-refractivity contribution is 5.54. The van der Waals surface area contributed by atoms with Crippen molar-refractivity contribution in [2.45, 2.75) is 31.2 Å². The number of nitrogens with zero attached hydrogens (tertiary/aromatic N) is 1. The minimum absolute atomic E-state index is 0.197. The highest BCUT2D eigenvalue weighted by Crippen LogP contribution is 2.41. The Bertz CT molecular complexity index is 395. The maximum atomic E-state index is 6.53. The normalized spacial score (nSPS) is 18.1. The second-order valence-corrected chi connectivity index (χ2v) is 5.14. The van der Waals surface area contributed by atoms with Crippen LogP contribution in [0.25, 0.3) is 0 Å². The van der Waals surface area contributed by atoms with Gasteiger partial charge in [0.15, 0.2) is 0 Å². The zero-order valence-corrected chi connectivity index (χ0v) is 11.0. The van der Waals surface area contributed by atoms with Crippen molar-refractivity contribution in [2.24, 2.45) is 5.73 Å². The van der Waals surface area contributed by atoms with Crippen LogP contribution in [0.4, 0.5) is 5.69 Å². The number of hydrogen-bond donors (Lipinski definition) is 1. The van der Waals surface area contributed by atoms with Gasteiger partial charge in [-0.1, -0.05) is 12.8 Å². The van der Waals surface area contributed by atoms with Gasteiger partial charge >= 0.3 is 0 Å². The number of nitrogens with two attached hydrogens (primary N) is 1. The zero-order chi connectivity index (χ0) is 12.5. The van der Waals surface area contributed by atoms with E-state index in [2.05, 4.69) is 17.0 Å². The molecule has 0 amide bonds. The standard InChI is InChI=1S/C14H22N2O/c1-16(2)11-6-7-13(17-3)12(10-11)14(15)8-4-5-9-14/h6-7,10H,4-5,8-9,15H2,1-3H3. The number of methoxy groups -OCH3 is 1. The van der Waals surface area contributed by atoms with Crippen LogP contribution in [-0.2, 0) is 5.54 Å². The maximum absolute atomic E-state index is 6.53. The Kier molecular flexibility index (Phi) is 3.29. The summed E-state index contributed by atoms with van der Waals surface area (Å²) in [6.45, 7) is 0. The summed E-state index contributed by atoms with van der Waals surface area (Å²) in [5.74, 6) is 0.917. The van der Waals surface area contributed by atoms with Crippen molar-refractivity contribution in [3.05, 3.63) is 23.8 Å². The molecule has 0 saturated heterocycles. The molecule has 0 unspecified atom stereocenters. The van der Waals surface area contributed by atoms with E-state index in [0.29, 0.717) is 0 Å². The molecule has 0 spiro atoms. The number of rotatable bonds is 3. The number of hydrogen-bond acceptors (Lipinski definition) is 3. The summed E-state index contributed by atoms with van der Waals surface area (Å²) in [5, 5.41) is 0. The van der Waals surface area contributed by atoms with Gasteiger partial charge in [0.2, 0.25) is 0 Å². The zero-order valence-electron chi connectivity index (χ0n) is 11.0. The Balaban J connectivity index is 2.45. The van der Waals surface area contributed by atoms with Crippen molar-refractivity contribution in [3.8, 4) is 5.75 Å². The van der Waals surface area contributed by atoms with E-state index in [1.807, 2.05) is 20.2 Å². The molecule has 0 aromatic heterocycles. The highest BCUT2D eigenvalue weighted by Gasteiger charge is 2.34. The van der Waals surface area contributed by atoms with Crippen molar-refractivity contribution in [2.75, 3.05) is 26.1 Å². The minimum atomic E-state index is -0.197. The molecule has 0 radical (unpaired) electrons. The van der Waals surface area contributed by atoms with Gasteiger partial charge in [-0.05, 0) is 31.0 Å². The number of benzene rings is 1. The molecular weight excluding hydrogens is 212 g/mol. The third-order valence-corrected chi connectivity index (χ3v) is 3.73. The topological polar surface area (TPSA) is 38.5 Å². The van der Waals surface area contributed by atoms with Crippen molar-refractivity contribution >= 4 is 5.69 Å². The van der Waals surface area contributed by atoms with Crippen LogP contribution in [0, 0.1) is 0 Å². The largest absolute Gasteiger partial charge is 0.496 e. The van der Waals surface area contributed by atoms with Crippen LogP contribution >= 0.6 is 0 Å². The minimum Gasteiger partial charge on any atom is -0.496 e. The SMILES string of the molecule is COc1ccc(N(C)C)cc1C1(N)CCCC1. The first kappa shape index (κ1) is 12.2. The lowest BCUT2D eigenvalue weighted by atomic mass is 9.88. The van der Waals surface area contributed by atoms with Crippen LogP contribution in [0.5, 0.6) is 5.75 Å². The molecule has 0 aliphatic heterocycles. The van der Waals surface area contributed by atoms with E-state index in [1.165, 1.54) is 18.5 Å². The Hall–Kier alpha value is -1.22. The summed E-state index contributed by atoms with van der Waals surface area (Å²) in [7, 11) is 5.80. The second kappa shape index (κ2) is 4.57. The smallest absolute Gasteiger partial charge is 0.124 e. The molecule has 1 saturated carbocycles. The first-order valence-corrected chi connectivity index (χ1v) is 6.21. The third kappa shape index (κ3) is 2.25. The third-order valence-electron chi connectivity index (χ3n) is 3.73. The Labute approximate surface area is 104 Å². The van der Waals surface area contributed by atoms with Crippen molar-refractivity contribution in [1.82, 2.24) is 0 Å². The summed E-state index contributed by atoms with van der Waals surface area (Å²) in [6, 6.07) is 6.27. The van der Waals surface area contributed by atoms with Gasteiger partial charge in [0, 0.05) is 30.9 Å². The molecule has 0 bridgehead atoms. The van der Waals surface area contributed by atoms with Gasteiger partial charge in [-0.15, -0.1) is 0 Å². The van der Waals surface area contributed by atoms with Gasteiger partial charge in [0.05, 0.1) is 7.11 Å². The predicted molar refractivity (Wildman–Crippen MR) is 71.7 cm³/mol. The van der Waals surface area contributed by atoms with Crippen LogP contribution in [0.15, 0.2) is 18.2 Å². The highest BCUT2D eigenvalue weighted by atomic mass is 16.5. The molecule has 0 atom stereocenters. The molecule has 1 fully saturated rings. The monoisotopic (exact) mass is 234 g/mol. The molecule has 2 rings (SSSR count). The number of anilines is 1. The first-order chi connectivity index (χ1) is 8.07. The fourth-order valence-corrected chi connectivity index (χ4v) is 2.64. The molecule has 17 heavy (non-hydrogen) atoms. The summed E-state index contributed by atoms with van der Waals surface area (Å²) < 4.78 is 5.46. The summed E-state index contributed by atoms with van der Waals surface area (Å²) in [5.41, 5.74) is 8.66. The quantitative estimate of drug-likeness (QED) is 0.873. The molecule has 3 heteroatoms. The van der Waals surface area contributed by atoms with Crippen LogP contribution < -0.4 is 15.4 Å². The van der Waals surface area contributed by atoms with Crippen LogP contribution in [0.2, 0.25) is 0 Å². The van der Waals surface area contributed by atoms with Gasteiger partial charge < -0.3 is 15.4 Å². The van der Waals surface area contributed by atoms with Crippen molar-refractivity contribution in [1.29, 1.82) is 0 Å². The van der Waals surface area contributed by atoms with Crippen molar-refractivity contribution < 1.29 is 4.74 Å². The Morgan fingerprint density at radius 2 is 1.88 bits per heavy atom. The van der Waals surface area contributed by atoms with E-state index in [1.54, 1.807) is 7.11 Å². The molecule has 1 aromatic rings. The number of ether oxygens (including phenoxy) is 1. The summed E-state index contributed by atoms with van der Waals surface area (Å²) in [4.78, 5) is 2.10. The van der Waals surface area contributed by atoms with E-state index in [4.69, 9.17) is 10.5 Å². The lowest BCUT2D eigenvalue weighted by molar-refractivity contribution is 0.379. The fourth-order valence-electron chi connectivity index (χ4n) is 2.64.